The van der Waals surface area contributed by atoms with Crippen LogP contribution in [0.2, 0.25) is 5.02 Å². The molecule has 0 saturated carbocycles. The first-order valence-electron chi connectivity index (χ1n) is 8.27. The smallest absolute Gasteiger partial charge is 0.271 e. The van der Waals surface area contributed by atoms with E-state index in [1.54, 1.807) is 24.3 Å². The van der Waals surface area contributed by atoms with Crippen LogP contribution in [0, 0.1) is 10.1 Å². The number of nitro groups is 1. The van der Waals surface area contributed by atoms with E-state index >= 15 is 0 Å². The molecule has 9 heteroatoms. The number of nitro benzene ring substituents is 1. The number of hydrogen-bond donors (Lipinski definition) is 0. The Morgan fingerprint density at radius 3 is 2.70 bits per heavy atom. The molecule has 1 fully saturated rings. The normalized spacial score (nSPS) is 16.4. The standard InChI is InChI=1S/C18H14ClN3O5/c19-14-10-12(22(23)24)5-8-15(14)26-13-6-3-11(4-7-13)17-20-18(27-21-17)16-2-1-9-25-16/h3-8,10,16H,1-2,9H2. The SMILES string of the molecule is O=[N+]([O-])c1ccc(Oc2ccc(-c3noc(C4CCCO4)n3)cc2)c(Cl)c1. The van der Waals surface area contributed by atoms with Gasteiger partial charge < -0.3 is 14.0 Å². The van der Waals surface area contributed by atoms with E-state index in [0.717, 1.165) is 18.4 Å². The molecule has 1 aliphatic heterocycles. The van der Waals surface area contributed by atoms with E-state index in [-0.39, 0.29) is 16.8 Å². The monoisotopic (exact) mass is 387 g/mol. The number of hydrogen-bond acceptors (Lipinski definition) is 7. The second-order valence-electron chi connectivity index (χ2n) is 5.96. The van der Waals surface area contributed by atoms with Gasteiger partial charge in [-0.3, -0.25) is 10.1 Å². The Labute approximate surface area is 158 Å². The maximum atomic E-state index is 10.8. The number of rotatable bonds is 5. The average Bonchev–Trinajstić information content (AvgIpc) is 3.35. The molecule has 0 radical (unpaired) electrons. The third-order valence-corrected chi connectivity index (χ3v) is 4.41. The first-order valence-corrected chi connectivity index (χ1v) is 8.65. The van der Waals surface area contributed by atoms with Crippen LogP contribution in [0.4, 0.5) is 5.69 Å². The van der Waals surface area contributed by atoms with Crippen LogP contribution in [0.25, 0.3) is 11.4 Å². The van der Waals surface area contributed by atoms with Crippen molar-refractivity contribution in [3.8, 4) is 22.9 Å². The van der Waals surface area contributed by atoms with Gasteiger partial charge >= 0.3 is 0 Å². The van der Waals surface area contributed by atoms with E-state index in [0.29, 0.717) is 29.8 Å². The summed E-state index contributed by atoms with van der Waals surface area (Å²) in [5.74, 6) is 1.81. The molecule has 2 aromatic carbocycles. The van der Waals surface area contributed by atoms with Crippen LogP contribution in [0.5, 0.6) is 11.5 Å². The van der Waals surface area contributed by atoms with Crippen LogP contribution in [0.15, 0.2) is 47.0 Å². The lowest BCUT2D eigenvalue weighted by Gasteiger charge is -2.07. The van der Waals surface area contributed by atoms with Gasteiger partial charge in [-0.1, -0.05) is 16.8 Å². The summed E-state index contributed by atoms with van der Waals surface area (Å²) in [6.07, 6.45) is 1.74. The van der Waals surface area contributed by atoms with Crippen molar-refractivity contribution in [1.82, 2.24) is 10.1 Å². The molecule has 1 aromatic heterocycles. The van der Waals surface area contributed by atoms with Crippen LogP contribution < -0.4 is 4.74 Å². The summed E-state index contributed by atoms with van der Waals surface area (Å²) in [6.45, 7) is 0.708. The van der Waals surface area contributed by atoms with Crippen molar-refractivity contribution in [2.45, 2.75) is 18.9 Å². The molecule has 1 atom stereocenters. The molecule has 1 unspecified atom stereocenters. The highest BCUT2D eigenvalue weighted by atomic mass is 35.5. The molecule has 0 bridgehead atoms. The van der Waals surface area contributed by atoms with Crippen molar-refractivity contribution in [3.05, 3.63) is 63.5 Å². The fourth-order valence-electron chi connectivity index (χ4n) is 2.74. The van der Waals surface area contributed by atoms with Crippen LogP contribution in [-0.2, 0) is 4.74 Å². The minimum Gasteiger partial charge on any atom is -0.456 e. The van der Waals surface area contributed by atoms with Crippen molar-refractivity contribution in [1.29, 1.82) is 0 Å². The lowest BCUT2D eigenvalue weighted by Crippen LogP contribution is -1.95. The fourth-order valence-corrected chi connectivity index (χ4v) is 2.95. The lowest BCUT2D eigenvalue weighted by atomic mass is 10.2. The van der Waals surface area contributed by atoms with Gasteiger partial charge in [0.2, 0.25) is 5.82 Å². The Kier molecular flexibility index (Phi) is 4.74. The summed E-state index contributed by atoms with van der Waals surface area (Å²) >= 11 is 6.04. The second kappa shape index (κ2) is 7.34. The van der Waals surface area contributed by atoms with E-state index in [4.69, 9.17) is 25.6 Å². The molecule has 3 aromatic rings. The predicted octanol–water partition coefficient (Wildman–Crippen LogP) is 4.94. The summed E-state index contributed by atoms with van der Waals surface area (Å²) in [7, 11) is 0. The summed E-state index contributed by atoms with van der Waals surface area (Å²) in [6, 6.07) is 11.1. The van der Waals surface area contributed by atoms with Crippen LogP contribution in [-0.4, -0.2) is 21.7 Å². The number of halogens is 1. The molecule has 0 aliphatic carbocycles. The molecule has 8 nitrogen and oxygen atoms in total. The molecule has 0 spiro atoms. The van der Waals surface area contributed by atoms with Gasteiger partial charge in [0.1, 0.15) is 17.6 Å². The van der Waals surface area contributed by atoms with Crippen molar-refractivity contribution < 1.29 is 18.9 Å². The Morgan fingerprint density at radius 2 is 2.04 bits per heavy atom. The summed E-state index contributed by atoms with van der Waals surface area (Å²) in [4.78, 5) is 14.6. The fraction of sp³-hybridized carbons (Fsp3) is 0.222. The molecular weight excluding hydrogens is 374 g/mol. The molecule has 0 amide bonds. The third kappa shape index (κ3) is 3.76. The Morgan fingerprint density at radius 1 is 1.22 bits per heavy atom. The Balaban J connectivity index is 1.48. The first kappa shape index (κ1) is 17.4. The van der Waals surface area contributed by atoms with Crippen molar-refractivity contribution in [2.24, 2.45) is 0 Å². The van der Waals surface area contributed by atoms with E-state index < -0.39 is 4.92 Å². The highest BCUT2D eigenvalue weighted by Gasteiger charge is 2.24. The van der Waals surface area contributed by atoms with Gasteiger partial charge in [0.05, 0.1) is 9.95 Å². The van der Waals surface area contributed by atoms with E-state index in [1.165, 1.54) is 18.2 Å². The summed E-state index contributed by atoms with van der Waals surface area (Å²) < 4.78 is 16.5. The minimum atomic E-state index is -0.514. The Bertz CT molecular complexity index is 967. The third-order valence-electron chi connectivity index (χ3n) is 4.11. The maximum Gasteiger partial charge on any atom is 0.271 e. The number of ether oxygens (including phenoxy) is 2. The van der Waals surface area contributed by atoms with Crippen molar-refractivity contribution >= 4 is 17.3 Å². The zero-order valence-corrected chi connectivity index (χ0v) is 14.8. The molecule has 0 N–H and O–H groups in total. The highest BCUT2D eigenvalue weighted by Crippen LogP contribution is 2.33. The molecular formula is C18H14ClN3O5. The number of benzene rings is 2. The largest absolute Gasteiger partial charge is 0.456 e. The molecule has 1 saturated heterocycles. The minimum absolute atomic E-state index is 0.0955. The topological polar surface area (TPSA) is 101 Å². The van der Waals surface area contributed by atoms with Gasteiger partial charge in [-0.2, -0.15) is 4.98 Å². The van der Waals surface area contributed by atoms with E-state index in [1.807, 2.05) is 0 Å². The summed E-state index contributed by atoms with van der Waals surface area (Å²) in [5.41, 5.74) is 0.673. The molecule has 1 aliphatic rings. The van der Waals surface area contributed by atoms with E-state index in [9.17, 15) is 10.1 Å². The van der Waals surface area contributed by atoms with Crippen molar-refractivity contribution in [3.63, 3.8) is 0 Å². The van der Waals surface area contributed by atoms with Gasteiger partial charge in [-0.15, -0.1) is 0 Å². The maximum absolute atomic E-state index is 10.8. The lowest BCUT2D eigenvalue weighted by molar-refractivity contribution is -0.384. The van der Waals surface area contributed by atoms with Gasteiger partial charge in [0, 0.05) is 24.3 Å². The molecule has 27 heavy (non-hydrogen) atoms. The molecule has 4 rings (SSSR count). The van der Waals surface area contributed by atoms with Crippen LogP contribution >= 0.6 is 11.6 Å². The zero-order valence-electron chi connectivity index (χ0n) is 14.0. The molecule has 2 heterocycles. The Hall–Kier alpha value is -2.97. The zero-order chi connectivity index (χ0) is 18.8. The molecule has 138 valence electrons. The quantitative estimate of drug-likeness (QED) is 0.451. The first-order chi connectivity index (χ1) is 13.1. The van der Waals surface area contributed by atoms with Gasteiger partial charge in [0.25, 0.3) is 11.6 Å². The average molecular weight is 388 g/mol. The van der Waals surface area contributed by atoms with Crippen LogP contribution in [0.3, 0.4) is 0 Å². The van der Waals surface area contributed by atoms with Gasteiger partial charge in [-0.25, -0.2) is 0 Å². The van der Waals surface area contributed by atoms with Crippen LogP contribution in [0.1, 0.15) is 24.8 Å². The van der Waals surface area contributed by atoms with Gasteiger partial charge in [0.15, 0.2) is 0 Å². The second-order valence-corrected chi connectivity index (χ2v) is 6.36. The number of aromatic nitrogens is 2. The predicted molar refractivity (Wildman–Crippen MR) is 95.8 cm³/mol. The van der Waals surface area contributed by atoms with E-state index in [2.05, 4.69) is 10.1 Å². The van der Waals surface area contributed by atoms with Gasteiger partial charge in [-0.05, 0) is 43.2 Å². The summed E-state index contributed by atoms with van der Waals surface area (Å²) in [5, 5.41) is 14.9. The highest BCUT2D eigenvalue weighted by molar-refractivity contribution is 6.32. The number of nitrogens with zero attached hydrogens (tertiary/aromatic N) is 3. The van der Waals surface area contributed by atoms with Crippen molar-refractivity contribution in [2.75, 3.05) is 6.61 Å². The number of non-ortho nitro benzene ring substituents is 1.